The van der Waals surface area contributed by atoms with Gasteiger partial charge >= 0.3 is 6.18 Å². The van der Waals surface area contributed by atoms with Gasteiger partial charge in [-0.3, -0.25) is 4.79 Å². The number of hydrogen-bond acceptors (Lipinski definition) is 4. The van der Waals surface area contributed by atoms with Crippen molar-refractivity contribution >= 4 is 15.7 Å². The number of aliphatic hydroxyl groups is 1. The van der Waals surface area contributed by atoms with Crippen LogP contribution in [-0.4, -0.2) is 49.3 Å². The Morgan fingerprint density at radius 3 is 2.27 bits per heavy atom. The van der Waals surface area contributed by atoms with Crippen molar-refractivity contribution in [2.45, 2.75) is 45.5 Å². The zero-order valence-electron chi connectivity index (χ0n) is 12.7. The third-order valence-corrected chi connectivity index (χ3v) is 5.71. The summed E-state index contributed by atoms with van der Waals surface area (Å²) < 4.78 is 61.7. The first kappa shape index (κ1) is 19.2. The van der Waals surface area contributed by atoms with E-state index in [1.807, 2.05) is 0 Å². The van der Waals surface area contributed by atoms with Gasteiger partial charge in [-0.15, -0.1) is 0 Å². The monoisotopic (exact) mass is 345 g/mol. The maximum absolute atomic E-state index is 12.9. The molecule has 0 bridgehead atoms. The summed E-state index contributed by atoms with van der Waals surface area (Å²) in [6.45, 7) is 5.12. The van der Waals surface area contributed by atoms with Gasteiger partial charge in [-0.25, -0.2) is 8.42 Å². The molecule has 9 heteroatoms. The molecule has 0 aromatic rings. The molecule has 0 aromatic carbocycles. The van der Waals surface area contributed by atoms with Crippen LogP contribution in [0.3, 0.4) is 0 Å². The lowest BCUT2D eigenvalue weighted by Crippen LogP contribution is -2.49. The van der Waals surface area contributed by atoms with Crippen LogP contribution in [0.5, 0.6) is 0 Å². The number of alkyl halides is 3. The minimum atomic E-state index is -4.75. The van der Waals surface area contributed by atoms with E-state index < -0.39 is 57.4 Å². The predicted molar refractivity (Wildman–Crippen MR) is 74.8 cm³/mol. The Kier molecular flexibility index (Phi) is 5.88. The second kappa shape index (κ2) is 6.74. The highest BCUT2D eigenvalue weighted by Gasteiger charge is 2.55. The summed E-state index contributed by atoms with van der Waals surface area (Å²) >= 11 is 0. The summed E-state index contributed by atoms with van der Waals surface area (Å²) in [7, 11) is -3.90. The Balaban J connectivity index is 2.90. The number of halogens is 3. The fourth-order valence-corrected chi connectivity index (χ4v) is 4.65. The van der Waals surface area contributed by atoms with E-state index in [1.165, 1.54) is 0 Å². The van der Waals surface area contributed by atoms with Crippen molar-refractivity contribution in [1.82, 2.24) is 5.32 Å². The van der Waals surface area contributed by atoms with Crippen molar-refractivity contribution in [1.29, 1.82) is 0 Å². The Morgan fingerprint density at radius 2 is 1.86 bits per heavy atom. The molecule has 1 fully saturated rings. The molecule has 0 saturated carbocycles. The highest BCUT2D eigenvalue weighted by molar-refractivity contribution is 7.91. The van der Waals surface area contributed by atoms with Gasteiger partial charge in [-0.1, -0.05) is 20.8 Å². The van der Waals surface area contributed by atoms with Gasteiger partial charge in [0, 0.05) is 0 Å². The lowest BCUT2D eigenvalue weighted by atomic mass is 9.92. The van der Waals surface area contributed by atoms with Crippen molar-refractivity contribution in [2.75, 3.05) is 11.5 Å². The fourth-order valence-electron chi connectivity index (χ4n) is 2.61. The molecule has 4 unspecified atom stereocenters. The number of amides is 1. The number of aliphatic hydroxyl groups excluding tert-OH is 1. The van der Waals surface area contributed by atoms with Crippen LogP contribution >= 0.6 is 0 Å². The first-order chi connectivity index (χ1) is 9.89. The first-order valence-corrected chi connectivity index (χ1v) is 8.96. The number of carbonyl (C=O) groups is 1. The first-order valence-electron chi connectivity index (χ1n) is 7.14. The molecule has 0 spiro atoms. The second-order valence-corrected chi connectivity index (χ2v) is 8.24. The molecule has 1 aliphatic rings. The lowest BCUT2D eigenvalue weighted by molar-refractivity contribution is -0.181. The molecule has 4 atom stereocenters. The third kappa shape index (κ3) is 4.58. The van der Waals surface area contributed by atoms with E-state index in [9.17, 15) is 31.5 Å². The summed E-state index contributed by atoms with van der Waals surface area (Å²) in [6, 6.07) is -0.704. The molecule has 130 valence electrons. The highest BCUT2D eigenvalue weighted by Crippen LogP contribution is 2.39. The predicted octanol–water partition coefficient (Wildman–Crippen LogP) is 1.12. The van der Waals surface area contributed by atoms with E-state index in [1.54, 1.807) is 20.8 Å². The quantitative estimate of drug-likeness (QED) is 0.782. The van der Waals surface area contributed by atoms with E-state index in [0.717, 1.165) is 0 Å². The van der Waals surface area contributed by atoms with Crippen molar-refractivity contribution in [3.8, 4) is 0 Å². The van der Waals surface area contributed by atoms with E-state index in [4.69, 9.17) is 0 Å². The SMILES string of the molecule is CCC(NC(=O)C1CS(=O)(=O)CC1C(F)(F)F)C(O)C(C)C. The Morgan fingerprint density at radius 1 is 1.32 bits per heavy atom. The third-order valence-electron chi connectivity index (χ3n) is 3.97. The normalized spacial score (nSPS) is 27.6. The number of carbonyl (C=O) groups excluding carboxylic acids is 1. The minimum absolute atomic E-state index is 0.184. The minimum Gasteiger partial charge on any atom is -0.391 e. The Hall–Kier alpha value is -0.830. The van der Waals surface area contributed by atoms with Gasteiger partial charge in [0.15, 0.2) is 9.84 Å². The molecule has 1 aliphatic heterocycles. The fraction of sp³-hybridized carbons (Fsp3) is 0.923. The van der Waals surface area contributed by atoms with Gasteiger partial charge in [0.05, 0.1) is 35.5 Å². The molecule has 1 heterocycles. The molecule has 5 nitrogen and oxygen atoms in total. The van der Waals surface area contributed by atoms with E-state index in [0.29, 0.717) is 6.42 Å². The molecular formula is C13H22F3NO4S. The Bertz CT molecular complexity index is 504. The molecule has 1 rings (SSSR count). The lowest BCUT2D eigenvalue weighted by Gasteiger charge is -2.28. The van der Waals surface area contributed by atoms with Crippen LogP contribution in [0.15, 0.2) is 0 Å². The maximum atomic E-state index is 12.9. The smallest absolute Gasteiger partial charge is 0.391 e. The standard InChI is InChI=1S/C13H22F3NO4S/c1-4-10(11(18)7(2)3)17-12(19)8-5-22(20,21)6-9(8)13(14,15)16/h7-11,18H,4-6H2,1-3H3,(H,17,19). The van der Waals surface area contributed by atoms with Crippen molar-refractivity contribution < 1.29 is 31.5 Å². The largest absolute Gasteiger partial charge is 0.393 e. The molecule has 22 heavy (non-hydrogen) atoms. The van der Waals surface area contributed by atoms with Gasteiger partial charge in [0.1, 0.15) is 0 Å². The van der Waals surface area contributed by atoms with Crippen molar-refractivity contribution in [2.24, 2.45) is 17.8 Å². The number of sulfone groups is 1. The van der Waals surface area contributed by atoms with E-state index in [-0.39, 0.29) is 5.92 Å². The molecule has 2 N–H and O–H groups in total. The average molecular weight is 345 g/mol. The summed E-state index contributed by atoms with van der Waals surface area (Å²) in [5.41, 5.74) is 0. The second-order valence-electron chi connectivity index (χ2n) is 6.09. The van der Waals surface area contributed by atoms with Gasteiger partial charge in [-0.05, 0) is 12.3 Å². The van der Waals surface area contributed by atoms with Gasteiger partial charge in [0.2, 0.25) is 5.91 Å². The van der Waals surface area contributed by atoms with Crippen molar-refractivity contribution in [3.63, 3.8) is 0 Å². The van der Waals surface area contributed by atoms with Gasteiger partial charge in [-0.2, -0.15) is 13.2 Å². The summed E-state index contributed by atoms with van der Waals surface area (Å²) in [5, 5.41) is 12.3. The summed E-state index contributed by atoms with van der Waals surface area (Å²) in [6.07, 6.45) is -5.32. The van der Waals surface area contributed by atoms with Crippen LogP contribution in [0.2, 0.25) is 0 Å². The molecule has 0 aliphatic carbocycles. The Labute approximate surface area is 128 Å². The molecule has 0 radical (unpaired) electrons. The van der Waals surface area contributed by atoms with Crippen LogP contribution in [0.25, 0.3) is 0 Å². The highest BCUT2D eigenvalue weighted by atomic mass is 32.2. The van der Waals surface area contributed by atoms with Crippen LogP contribution in [-0.2, 0) is 14.6 Å². The zero-order valence-corrected chi connectivity index (χ0v) is 13.5. The van der Waals surface area contributed by atoms with E-state index >= 15 is 0 Å². The molecule has 0 aromatic heterocycles. The van der Waals surface area contributed by atoms with Crippen LogP contribution in [0, 0.1) is 17.8 Å². The summed E-state index contributed by atoms with van der Waals surface area (Å²) in [5.74, 6) is -6.86. The van der Waals surface area contributed by atoms with Crippen molar-refractivity contribution in [3.05, 3.63) is 0 Å². The van der Waals surface area contributed by atoms with Gasteiger partial charge < -0.3 is 10.4 Å². The summed E-state index contributed by atoms with van der Waals surface area (Å²) in [4.78, 5) is 12.1. The zero-order chi connectivity index (χ0) is 17.3. The van der Waals surface area contributed by atoms with Crippen LogP contribution in [0.4, 0.5) is 13.2 Å². The van der Waals surface area contributed by atoms with Gasteiger partial charge in [0.25, 0.3) is 0 Å². The molecular weight excluding hydrogens is 323 g/mol. The van der Waals surface area contributed by atoms with Crippen LogP contribution in [0.1, 0.15) is 27.2 Å². The topological polar surface area (TPSA) is 83.5 Å². The maximum Gasteiger partial charge on any atom is 0.393 e. The molecule has 1 saturated heterocycles. The number of hydrogen-bond donors (Lipinski definition) is 2. The number of rotatable bonds is 5. The van der Waals surface area contributed by atoms with Crippen LogP contribution < -0.4 is 5.32 Å². The molecule has 1 amide bonds. The van der Waals surface area contributed by atoms with E-state index in [2.05, 4.69) is 5.32 Å². The average Bonchev–Trinajstić information content (AvgIpc) is 2.71. The number of nitrogens with one attached hydrogen (secondary N) is 1.